The van der Waals surface area contributed by atoms with Gasteiger partial charge < -0.3 is 4.90 Å². The number of allylic oxidation sites excluding steroid dienone is 2. The van der Waals surface area contributed by atoms with Crippen molar-refractivity contribution in [2.45, 2.75) is 26.7 Å². The van der Waals surface area contributed by atoms with E-state index < -0.39 is 11.2 Å². The molecule has 0 aromatic carbocycles. The maximum atomic E-state index is 13.2. The van der Waals surface area contributed by atoms with Crippen LogP contribution in [0.4, 0.5) is 0 Å². The lowest BCUT2D eigenvalue weighted by Crippen LogP contribution is -2.33. The summed E-state index contributed by atoms with van der Waals surface area (Å²) in [6.45, 7) is 5.32. The van der Waals surface area contributed by atoms with Gasteiger partial charge in [-0.2, -0.15) is 0 Å². The molecule has 1 aliphatic heterocycles. The Balaban J connectivity index is 1.78. The van der Waals surface area contributed by atoms with Crippen LogP contribution in [-0.4, -0.2) is 38.4 Å². The van der Waals surface area contributed by atoms with Crippen molar-refractivity contribution in [3.63, 3.8) is 0 Å². The molecule has 3 heterocycles. The number of hydrogen-bond donors (Lipinski definition) is 1. The fraction of sp³-hybridized carbons (Fsp3) is 0.474. The van der Waals surface area contributed by atoms with Crippen LogP contribution < -0.4 is 11.2 Å². The second-order valence-corrected chi connectivity index (χ2v) is 7.55. The molecule has 4 rings (SSSR count). The van der Waals surface area contributed by atoms with Gasteiger partial charge in [0.1, 0.15) is 5.65 Å². The van der Waals surface area contributed by atoms with E-state index in [-0.39, 0.29) is 16.9 Å². The zero-order chi connectivity index (χ0) is 18.6. The Morgan fingerprint density at radius 3 is 2.73 bits per heavy atom. The van der Waals surface area contributed by atoms with Gasteiger partial charge in [0, 0.05) is 25.8 Å². The van der Waals surface area contributed by atoms with Crippen LogP contribution >= 0.6 is 0 Å². The lowest BCUT2D eigenvalue weighted by atomic mass is 9.83. The zero-order valence-corrected chi connectivity index (χ0v) is 15.2. The molecule has 0 radical (unpaired) electrons. The Hall–Kier alpha value is -2.70. The average molecular weight is 354 g/mol. The van der Waals surface area contributed by atoms with E-state index in [1.165, 1.54) is 10.1 Å². The standard InChI is InChI=1S/C19H22N4O3/c1-10-4-5-12-8-23(9-13(12)6-10)18(25)14-7-11(2)20-16-15(14)17(24)21-19(26)22(16)3/h4,7,12-13H,5-6,8-9H2,1-3H3,(H,21,24,26)/t12-,13+/m0/s1. The van der Waals surface area contributed by atoms with E-state index in [0.717, 1.165) is 12.8 Å². The molecule has 1 aliphatic carbocycles. The predicted molar refractivity (Wildman–Crippen MR) is 98.2 cm³/mol. The minimum Gasteiger partial charge on any atom is -0.338 e. The molecule has 1 amide bonds. The fourth-order valence-electron chi connectivity index (χ4n) is 4.25. The van der Waals surface area contributed by atoms with E-state index in [4.69, 9.17) is 0 Å². The first kappa shape index (κ1) is 16.8. The van der Waals surface area contributed by atoms with E-state index in [0.29, 0.717) is 36.2 Å². The molecule has 2 aliphatic rings. The third-order valence-corrected chi connectivity index (χ3v) is 5.65. The van der Waals surface area contributed by atoms with E-state index in [1.807, 2.05) is 4.90 Å². The Kier molecular flexibility index (Phi) is 3.82. The molecular weight excluding hydrogens is 332 g/mol. The van der Waals surface area contributed by atoms with E-state index >= 15 is 0 Å². The lowest BCUT2D eigenvalue weighted by Gasteiger charge is -2.21. The highest BCUT2D eigenvalue weighted by atomic mass is 16.2. The first-order chi connectivity index (χ1) is 12.3. The number of carbonyl (C=O) groups excluding carboxylic acids is 1. The Morgan fingerprint density at radius 1 is 1.23 bits per heavy atom. The number of H-pyrrole nitrogens is 1. The molecular formula is C19H22N4O3. The van der Waals surface area contributed by atoms with E-state index in [9.17, 15) is 14.4 Å². The number of amides is 1. The van der Waals surface area contributed by atoms with Gasteiger partial charge in [-0.05, 0) is 44.6 Å². The van der Waals surface area contributed by atoms with Crippen LogP contribution in [0.1, 0.15) is 35.8 Å². The third kappa shape index (κ3) is 2.58. The number of hydrogen-bond acceptors (Lipinski definition) is 4. The van der Waals surface area contributed by atoms with E-state index in [2.05, 4.69) is 23.0 Å². The number of aryl methyl sites for hydroxylation is 2. The summed E-state index contributed by atoms with van der Waals surface area (Å²) < 4.78 is 1.28. The second kappa shape index (κ2) is 5.93. The molecule has 7 nitrogen and oxygen atoms in total. The molecule has 2 atom stereocenters. The number of fused-ring (bicyclic) bond motifs is 2. The molecule has 7 heteroatoms. The van der Waals surface area contributed by atoms with Crippen molar-refractivity contribution in [2.24, 2.45) is 18.9 Å². The summed E-state index contributed by atoms with van der Waals surface area (Å²) in [5.41, 5.74) is 1.47. The Labute approximate surface area is 150 Å². The number of nitrogens with zero attached hydrogens (tertiary/aromatic N) is 3. The molecule has 136 valence electrons. The highest BCUT2D eigenvalue weighted by Gasteiger charge is 2.37. The smallest absolute Gasteiger partial charge is 0.329 e. The highest BCUT2D eigenvalue weighted by Crippen LogP contribution is 2.36. The third-order valence-electron chi connectivity index (χ3n) is 5.65. The minimum absolute atomic E-state index is 0.156. The van der Waals surface area contributed by atoms with Crippen molar-refractivity contribution in [1.82, 2.24) is 19.4 Å². The van der Waals surface area contributed by atoms with Crippen LogP contribution in [-0.2, 0) is 7.05 Å². The second-order valence-electron chi connectivity index (χ2n) is 7.55. The normalized spacial score (nSPS) is 22.4. The summed E-state index contributed by atoms with van der Waals surface area (Å²) in [6, 6.07) is 1.65. The quantitative estimate of drug-likeness (QED) is 0.783. The molecule has 2 aromatic rings. The minimum atomic E-state index is -0.562. The van der Waals surface area contributed by atoms with Gasteiger partial charge in [0.15, 0.2) is 0 Å². The van der Waals surface area contributed by atoms with Crippen molar-refractivity contribution in [1.29, 1.82) is 0 Å². The molecule has 0 spiro atoms. The number of nitrogens with one attached hydrogen (secondary N) is 1. The topological polar surface area (TPSA) is 88.1 Å². The molecule has 0 unspecified atom stereocenters. The summed E-state index contributed by atoms with van der Waals surface area (Å²) in [5.74, 6) is 0.817. The largest absolute Gasteiger partial charge is 0.338 e. The van der Waals surface area contributed by atoms with Crippen molar-refractivity contribution in [3.8, 4) is 0 Å². The Bertz CT molecular complexity index is 1060. The van der Waals surface area contributed by atoms with Gasteiger partial charge in [0.25, 0.3) is 11.5 Å². The highest BCUT2D eigenvalue weighted by molar-refractivity contribution is 6.05. The van der Waals surface area contributed by atoms with Gasteiger partial charge in [-0.1, -0.05) is 11.6 Å². The van der Waals surface area contributed by atoms with Crippen LogP contribution in [0.5, 0.6) is 0 Å². The number of aromatic nitrogens is 3. The molecule has 1 fully saturated rings. The summed E-state index contributed by atoms with van der Waals surface area (Å²) >= 11 is 0. The summed E-state index contributed by atoms with van der Waals surface area (Å²) in [4.78, 5) is 45.9. The number of rotatable bonds is 1. The molecule has 2 aromatic heterocycles. The zero-order valence-electron chi connectivity index (χ0n) is 15.2. The van der Waals surface area contributed by atoms with E-state index in [1.54, 1.807) is 20.0 Å². The van der Waals surface area contributed by atoms with Crippen molar-refractivity contribution in [2.75, 3.05) is 13.1 Å². The summed E-state index contributed by atoms with van der Waals surface area (Å²) in [5, 5.41) is 0.187. The van der Waals surface area contributed by atoms with Crippen LogP contribution in [0.3, 0.4) is 0 Å². The van der Waals surface area contributed by atoms with Gasteiger partial charge in [0.05, 0.1) is 10.9 Å². The molecule has 26 heavy (non-hydrogen) atoms. The number of carbonyl (C=O) groups is 1. The summed E-state index contributed by atoms with van der Waals surface area (Å²) in [6.07, 6.45) is 4.30. The molecule has 1 N–H and O–H groups in total. The predicted octanol–water partition coefficient (Wildman–Crippen LogP) is 1.36. The van der Waals surface area contributed by atoms with Gasteiger partial charge in [-0.25, -0.2) is 9.78 Å². The van der Waals surface area contributed by atoms with Gasteiger partial charge >= 0.3 is 5.69 Å². The van der Waals surface area contributed by atoms with Gasteiger partial charge in [-0.15, -0.1) is 0 Å². The molecule has 0 bridgehead atoms. The number of pyridine rings is 1. The monoisotopic (exact) mass is 354 g/mol. The maximum Gasteiger partial charge on any atom is 0.329 e. The number of aromatic amines is 1. The van der Waals surface area contributed by atoms with Crippen LogP contribution in [0.15, 0.2) is 27.3 Å². The summed E-state index contributed by atoms with van der Waals surface area (Å²) in [7, 11) is 1.54. The van der Waals surface area contributed by atoms with Crippen LogP contribution in [0, 0.1) is 18.8 Å². The van der Waals surface area contributed by atoms with Crippen molar-refractivity contribution in [3.05, 3.63) is 49.8 Å². The van der Waals surface area contributed by atoms with Crippen molar-refractivity contribution >= 4 is 16.9 Å². The number of likely N-dealkylation sites (tertiary alicyclic amines) is 1. The Morgan fingerprint density at radius 2 is 1.96 bits per heavy atom. The van der Waals surface area contributed by atoms with Crippen LogP contribution in [0.25, 0.3) is 11.0 Å². The van der Waals surface area contributed by atoms with Gasteiger partial charge in [-0.3, -0.25) is 19.1 Å². The SMILES string of the molecule is CC1=CC[C@H]2CN(C(=O)c3cc(C)nc4c3c(=O)[nH]c(=O)n4C)C[C@H]2C1. The van der Waals surface area contributed by atoms with Crippen molar-refractivity contribution < 1.29 is 4.79 Å². The fourth-order valence-corrected chi connectivity index (χ4v) is 4.25. The molecule has 0 saturated carbocycles. The first-order valence-electron chi connectivity index (χ1n) is 8.90. The molecule has 1 saturated heterocycles. The van der Waals surface area contributed by atoms with Crippen LogP contribution in [0.2, 0.25) is 0 Å². The lowest BCUT2D eigenvalue weighted by molar-refractivity contribution is 0.0785. The average Bonchev–Trinajstić information content (AvgIpc) is 3.01. The first-order valence-corrected chi connectivity index (χ1v) is 8.90. The van der Waals surface area contributed by atoms with Gasteiger partial charge in [0.2, 0.25) is 0 Å². The maximum absolute atomic E-state index is 13.2.